The summed E-state index contributed by atoms with van der Waals surface area (Å²) in [7, 11) is 1.30. The van der Waals surface area contributed by atoms with E-state index in [9.17, 15) is 14.0 Å². The number of amides is 1. The molecule has 19 heavy (non-hydrogen) atoms. The maximum Gasteiger partial charge on any atom is 0.310 e. The molecule has 1 aromatic carbocycles. The van der Waals surface area contributed by atoms with Crippen molar-refractivity contribution >= 4 is 27.8 Å². The van der Waals surface area contributed by atoms with Gasteiger partial charge >= 0.3 is 5.97 Å². The third-order valence-corrected chi connectivity index (χ3v) is 3.11. The van der Waals surface area contributed by atoms with Gasteiger partial charge in [-0.3, -0.25) is 9.59 Å². The second-order valence-electron chi connectivity index (χ2n) is 3.99. The van der Waals surface area contributed by atoms with E-state index in [2.05, 4.69) is 21.2 Å². The Hall–Kier alpha value is -1.43. The molecule has 0 heterocycles. The van der Waals surface area contributed by atoms with Crippen LogP contribution in [0.25, 0.3) is 0 Å². The Morgan fingerprint density at radius 3 is 2.53 bits per heavy atom. The molecule has 0 saturated heterocycles. The first-order valence-electron chi connectivity index (χ1n) is 5.71. The van der Waals surface area contributed by atoms with Crippen LogP contribution in [0, 0.1) is 11.7 Å². The van der Waals surface area contributed by atoms with E-state index in [1.54, 1.807) is 12.1 Å². The zero-order valence-electron chi connectivity index (χ0n) is 10.5. The van der Waals surface area contributed by atoms with Gasteiger partial charge in [0.05, 0.1) is 18.4 Å². The number of hydrogen-bond acceptors (Lipinski definition) is 3. The molecule has 0 fully saturated rings. The molecule has 0 bridgehead atoms. The van der Waals surface area contributed by atoms with Gasteiger partial charge in [0.2, 0.25) is 5.91 Å². The van der Waals surface area contributed by atoms with Gasteiger partial charge in [0.25, 0.3) is 0 Å². The van der Waals surface area contributed by atoms with Crippen molar-refractivity contribution in [3.05, 3.63) is 35.6 Å². The van der Waals surface area contributed by atoms with Crippen LogP contribution in [-0.2, 0) is 20.7 Å². The number of nitrogens with one attached hydrogen (secondary N) is 1. The molecule has 0 aliphatic carbocycles. The minimum absolute atomic E-state index is 0.178. The van der Waals surface area contributed by atoms with Crippen LogP contribution in [0.1, 0.15) is 5.56 Å². The first kappa shape index (κ1) is 15.6. The van der Waals surface area contributed by atoms with Gasteiger partial charge in [-0.15, -0.1) is 0 Å². The van der Waals surface area contributed by atoms with E-state index in [0.717, 1.165) is 5.56 Å². The summed E-state index contributed by atoms with van der Waals surface area (Å²) in [6.07, 6.45) is 0.384. The quantitative estimate of drug-likeness (QED) is 0.637. The van der Waals surface area contributed by atoms with Crippen LogP contribution in [0.4, 0.5) is 4.39 Å². The van der Waals surface area contributed by atoms with Crippen LogP contribution in [0.15, 0.2) is 24.3 Å². The Balaban J connectivity index is 2.66. The molecule has 1 atom stereocenters. The van der Waals surface area contributed by atoms with E-state index >= 15 is 0 Å². The summed E-state index contributed by atoms with van der Waals surface area (Å²) in [5, 5.41) is 2.80. The molecule has 0 radical (unpaired) electrons. The summed E-state index contributed by atoms with van der Waals surface area (Å²) in [5.74, 6) is -1.42. The average molecular weight is 332 g/mol. The topological polar surface area (TPSA) is 55.4 Å². The molecule has 4 nitrogen and oxygen atoms in total. The predicted octanol–water partition coefficient (Wildman–Crippen LogP) is 1.67. The molecule has 0 aromatic heterocycles. The lowest BCUT2D eigenvalue weighted by molar-refractivity contribution is -0.145. The monoisotopic (exact) mass is 331 g/mol. The van der Waals surface area contributed by atoms with Gasteiger partial charge < -0.3 is 10.1 Å². The smallest absolute Gasteiger partial charge is 0.310 e. The number of carbonyl (C=O) groups excluding carboxylic acids is 2. The minimum atomic E-state index is -0.488. The lowest BCUT2D eigenvalue weighted by atomic mass is 9.99. The van der Waals surface area contributed by atoms with Gasteiger partial charge in [0.1, 0.15) is 5.82 Å². The molecular weight excluding hydrogens is 317 g/mol. The molecule has 0 spiro atoms. The van der Waals surface area contributed by atoms with Crippen LogP contribution in [0.3, 0.4) is 0 Å². The number of benzene rings is 1. The normalized spacial score (nSPS) is 11.7. The van der Waals surface area contributed by atoms with Crippen molar-refractivity contribution in [2.45, 2.75) is 6.42 Å². The van der Waals surface area contributed by atoms with Crippen LogP contribution in [0.5, 0.6) is 0 Å². The third-order valence-electron chi connectivity index (χ3n) is 2.60. The Morgan fingerprint density at radius 2 is 2.00 bits per heavy atom. The molecule has 104 valence electrons. The Bertz CT molecular complexity index is 436. The number of esters is 1. The number of ether oxygens (including phenoxy) is 1. The van der Waals surface area contributed by atoms with Gasteiger partial charge in [0, 0.05) is 6.54 Å². The van der Waals surface area contributed by atoms with Crippen LogP contribution in [0.2, 0.25) is 0 Å². The summed E-state index contributed by atoms with van der Waals surface area (Å²) >= 11 is 3.02. The second kappa shape index (κ2) is 7.89. The third kappa shape index (κ3) is 5.38. The first-order chi connectivity index (χ1) is 9.06. The van der Waals surface area contributed by atoms with E-state index < -0.39 is 11.9 Å². The van der Waals surface area contributed by atoms with E-state index in [4.69, 9.17) is 4.74 Å². The fourth-order valence-corrected chi connectivity index (χ4v) is 1.79. The van der Waals surface area contributed by atoms with E-state index in [1.165, 1.54) is 19.2 Å². The van der Waals surface area contributed by atoms with Gasteiger partial charge in [-0.05, 0) is 24.1 Å². The highest BCUT2D eigenvalue weighted by Crippen LogP contribution is 2.11. The molecule has 1 N–H and O–H groups in total. The van der Waals surface area contributed by atoms with Crippen molar-refractivity contribution in [2.75, 3.05) is 19.0 Å². The number of rotatable bonds is 6. The van der Waals surface area contributed by atoms with Crippen LogP contribution >= 0.6 is 15.9 Å². The van der Waals surface area contributed by atoms with Crippen molar-refractivity contribution in [3.8, 4) is 0 Å². The standard InChI is InChI=1S/C13H15BrFNO3/c1-19-13(18)10(8-16-12(17)7-14)6-9-2-4-11(15)5-3-9/h2-5,10H,6-8H2,1H3,(H,16,17). The maximum atomic E-state index is 12.8. The summed E-state index contributed by atoms with van der Waals surface area (Å²) in [6, 6.07) is 5.89. The van der Waals surface area contributed by atoms with Gasteiger partial charge in [-0.25, -0.2) is 4.39 Å². The van der Waals surface area contributed by atoms with Gasteiger partial charge in [-0.1, -0.05) is 28.1 Å². The summed E-state index contributed by atoms with van der Waals surface area (Å²) in [6.45, 7) is 0.189. The lowest BCUT2D eigenvalue weighted by Crippen LogP contribution is -2.35. The van der Waals surface area contributed by atoms with Gasteiger partial charge in [0.15, 0.2) is 0 Å². The van der Waals surface area contributed by atoms with Crippen molar-refractivity contribution in [1.29, 1.82) is 0 Å². The van der Waals surface area contributed by atoms with Crippen molar-refractivity contribution in [1.82, 2.24) is 5.32 Å². The molecule has 1 unspecified atom stereocenters. The van der Waals surface area contributed by atoms with E-state index in [0.29, 0.717) is 6.42 Å². The van der Waals surface area contributed by atoms with Crippen molar-refractivity contribution < 1.29 is 18.7 Å². The molecule has 1 rings (SSSR count). The zero-order valence-corrected chi connectivity index (χ0v) is 12.1. The Labute approximate surface area is 119 Å². The maximum absolute atomic E-state index is 12.8. The van der Waals surface area contributed by atoms with E-state index in [-0.39, 0.29) is 23.6 Å². The first-order valence-corrected chi connectivity index (χ1v) is 6.84. The van der Waals surface area contributed by atoms with Crippen LogP contribution in [-0.4, -0.2) is 30.9 Å². The number of alkyl halides is 1. The highest BCUT2D eigenvalue weighted by atomic mass is 79.9. The molecule has 0 saturated carbocycles. The average Bonchev–Trinajstić information content (AvgIpc) is 2.44. The number of hydrogen-bond donors (Lipinski definition) is 1. The highest BCUT2D eigenvalue weighted by Gasteiger charge is 2.20. The molecule has 1 aromatic rings. The zero-order chi connectivity index (χ0) is 14.3. The largest absolute Gasteiger partial charge is 0.469 e. The van der Waals surface area contributed by atoms with Crippen LogP contribution < -0.4 is 5.32 Å². The molecule has 6 heteroatoms. The lowest BCUT2D eigenvalue weighted by Gasteiger charge is -2.15. The molecule has 0 aliphatic rings. The second-order valence-corrected chi connectivity index (χ2v) is 4.55. The Morgan fingerprint density at radius 1 is 1.37 bits per heavy atom. The molecule has 0 aliphatic heterocycles. The van der Waals surface area contributed by atoms with Crippen molar-refractivity contribution in [2.24, 2.45) is 5.92 Å². The summed E-state index contributed by atoms with van der Waals surface area (Å²) in [4.78, 5) is 22.8. The SMILES string of the molecule is COC(=O)C(CNC(=O)CBr)Cc1ccc(F)cc1. The van der Waals surface area contributed by atoms with Crippen molar-refractivity contribution in [3.63, 3.8) is 0 Å². The highest BCUT2D eigenvalue weighted by molar-refractivity contribution is 9.09. The minimum Gasteiger partial charge on any atom is -0.469 e. The fraction of sp³-hybridized carbons (Fsp3) is 0.385. The fourth-order valence-electron chi connectivity index (χ4n) is 1.59. The van der Waals surface area contributed by atoms with E-state index in [1.807, 2.05) is 0 Å². The predicted molar refractivity (Wildman–Crippen MR) is 72.4 cm³/mol. The van der Waals surface area contributed by atoms with Gasteiger partial charge in [-0.2, -0.15) is 0 Å². The number of halogens is 2. The summed E-state index contributed by atoms with van der Waals surface area (Å²) in [5.41, 5.74) is 0.810. The molecule has 1 amide bonds. The Kier molecular flexibility index (Phi) is 6.49. The number of methoxy groups -OCH3 is 1. The number of carbonyl (C=O) groups is 2. The summed E-state index contributed by atoms with van der Waals surface area (Å²) < 4.78 is 17.5. The molecular formula is C13H15BrFNO3.